The van der Waals surface area contributed by atoms with Crippen LogP contribution in [0.1, 0.15) is 66.2 Å². The molecule has 3 aromatic rings. The Labute approximate surface area is 313 Å². The number of aromatic nitrogens is 1. The van der Waals surface area contributed by atoms with Gasteiger partial charge >= 0.3 is 6.03 Å². The summed E-state index contributed by atoms with van der Waals surface area (Å²) < 4.78 is 34.9. The first kappa shape index (κ1) is 39.6. The Balaban J connectivity index is 0.000000526. The number of fused-ring (bicyclic) bond motifs is 2. The van der Waals surface area contributed by atoms with E-state index in [0.717, 1.165) is 41.4 Å². The monoisotopic (exact) mass is 747 g/mol. The number of methoxy groups -OCH3 is 1. The van der Waals surface area contributed by atoms with Crippen molar-refractivity contribution in [2.45, 2.75) is 83.6 Å². The highest BCUT2D eigenvalue weighted by molar-refractivity contribution is 7.90. The standard InChI is InChI=1S/C36H46N4O4.C4H7NO3S/c1-35(2)18-11-10-14-25-20-29(25)38-33(41)28(39-34(42)40(5)23-36(35,3)4)17-19-44-32-22-30(24-12-8-7-9-13-24)37-31-21-26(43-6)15-16-27(31)32;6-3-5-9(7,8)4-1-2-4/h7-10,12-16,21-22,25,28-29H,11,17-20,23H2,1-6H3,(H,38,41)(H,39,42);3-4H,1-2H2,(H,5,6)/b14-10-;/t25-,28?,29?;/m1./s1. The number of carbonyl (C=O) groups is 3. The predicted molar refractivity (Wildman–Crippen MR) is 206 cm³/mol. The maximum Gasteiger partial charge on any atom is 0.317 e. The van der Waals surface area contributed by atoms with Gasteiger partial charge in [-0.2, -0.15) is 0 Å². The Hall–Kier alpha value is -4.65. The fourth-order valence-electron chi connectivity index (χ4n) is 6.34. The van der Waals surface area contributed by atoms with Gasteiger partial charge in [0.25, 0.3) is 0 Å². The second-order valence-electron chi connectivity index (χ2n) is 15.5. The lowest BCUT2D eigenvalue weighted by Crippen LogP contribution is -2.53. The van der Waals surface area contributed by atoms with Crippen LogP contribution in [0.4, 0.5) is 4.79 Å². The molecule has 3 aliphatic rings. The number of allylic oxidation sites excluding steroid dienone is 1. The third-order valence-corrected chi connectivity index (χ3v) is 12.6. The normalized spacial score (nSPS) is 23.4. The maximum absolute atomic E-state index is 13.5. The first-order valence-corrected chi connectivity index (χ1v) is 19.8. The smallest absolute Gasteiger partial charge is 0.317 e. The van der Waals surface area contributed by atoms with Gasteiger partial charge in [0.15, 0.2) is 0 Å². The fourth-order valence-corrected chi connectivity index (χ4v) is 7.43. The van der Waals surface area contributed by atoms with Crippen LogP contribution >= 0.6 is 0 Å². The van der Waals surface area contributed by atoms with E-state index in [2.05, 4.69) is 50.5 Å². The zero-order valence-corrected chi connectivity index (χ0v) is 32.4. The summed E-state index contributed by atoms with van der Waals surface area (Å²) in [6, 6.07) is 16.7. The second kappa shape index (κ2) is 16.6. The number of benzene rings is 2. The van der Waals surface area contributed by atoms with Crippen LogP contribution in [0.25, 0.3) is 22.2 Å². The quantitative estimate of drug-likeness (QED) is 0.183. The average molecular weight is 748 g/mol. The van der Waals surface area contributed by atoms with Crippen molar-refractivity contribution >= 4 is 39.3 Å². The first-order valence-electron chi connectivity index (χ1n) is 18.2. The minimum Gasteiger partial charge on any atom is -0.497 e. The number of urea groups is 1. The molecule has 2 aromatic carbocycles. The molecule has 13 heteroatoms. The number of rotatable bonds is 9. The lowest BCUT2D eigenvalue weighted by atomic mass is 9.65. The molecule has 2 saturated carbocycles. The molecule has 2 heterocycles. The van der Waals surface area contributed by atoms with Crippen molar-refractivity contribution in [3.63, 3.8) is 0 Å². The van der Waals surface area contributed by atoms with Crippen molar-refractivity contribution < 1.29 is 32.3 Å². The molecule has 2 unspecified atom stereocenters. The number of ether oxygens (including phenoxy) is 2. The van der Waals surface area contributed by atoms with Crippen molar-refractivity contribution in [3.05, 3.63) is 66.7 Å². The number of hydrogen-bond acceptors (Lipinski definition) is 8. The topological polar surface area (TPSA) is 156 Å². The van der Waals surface area contributed by atoms with Crippen molar-refractivity contribution in [3.8, 4) is 22.8 Å². The van der Waals surface area contributed by atoms with E-state index in [1.54, 1.807) is 23.8 Å². The summed E-state index contributed by atoms with van der Waals surface area (Å²) in [4.78, 5) is 43.1. The van der Waals surface area contributed by atoms with Gasteiger partial charge in [0, 0.05) is 49.1 Å². The molecule has 4 amide bonds. The lowest BCUT2D eigenvalue weighted by Gasteiger charge is -2.44. The van der Waals surface area contributed by atoms with Gasteiger partial charge in [-0.05, 0) is 61.0 Å². The zero-order chi connectivity index (χ0) is 38.4. The molecule has 0 saturated heterocycles. The number of carbonyl (C=O) groups excluding carboxylic acids is 3. The largest absolute Gasteiger partial charge is 0.497 e. The highest BCUT2D eigenvalue weighted by Crippen LogP contribution is 2.43. The molecule has 0 bridgehead atoms. The molecule has 2 aliphatic carbocycles. The molecule has 6 rings (SSSR count). The molecule has 0 radical (unpaired) electrons. The molecule has 2 fully saturated rings. The Morgan fingerprint density at radius 3 is 2.43 bits per heavy atom. The SMILES string of the molecule is COc1ccc2c(OCCC3NC(=O)N(C)CC(C)(C)C(C)(C)CC/C=C\[C@@H]4CC4NC3=O)cc(-c3ccccc3)nc2c1.O=CNS(=O)(=O)C1CC1. The van der Waals surface area contributed by atoms with Gasteiger partial charge in [-0.25, -0.2) is 18.2 Å². The van der Waals surface area contributed by atoms with E-state index in [4.69, 9.17) is 14.5 Å². The number of nitrogens with zero attached hydrogens (tertiary/aromatic N) is 2. The molecule has 1 aromatic heterocycles. The summed E-state index contributed by atoms with van der Waals surface area (Å²) in [6.45, 7) is 9.78. The van der Waals surface area contributed by atoms with Gasteiger partial charge in [0.2, 0.25) is 22.3 Å². The second-order valence-corrected chi connectivity index (χ2v) is 17.5. The van der Waals surface area contributed by atoms with Crippen molar-refractivity contribution in [2.24, 2.45) is 16.7 Å². The van der Waals surface area contributed by atoms with Crippen LogP contribution in [0.5, 0.6) is 11.5 Å². The molecular formula is C40H53N5O7S. The van der Waals surface area contributed by atoms with Crippen LogP contribution in [0, 0.1) is 16.7 Å². The van der Waals surface area contributed by atoms with Crippen molar-refractivity contribution in [1.29, 1.82) is 0 Å². The van der Waals surface area contributed by atoms with E-state index in [1.165, 1.54) is 0 Å². The lowest BCUT2D eigenvalue weighted by molar-refractivity contribution is -0.123. The zero-order valence-electron chi connectivity index (χ0n) is 31.6. The average Bonchev–Trinajstić information content (AvgIpc) is 4.06. The molecule has 53 heavy (non-hydrogen) atoms. The Morgan fingerprint density at radius 1 is 1.02 bits per heavy atom. The first-order chi connectivity index (χ1) is 25.1. The van der Waals surface area contributed by atoms with E-state index < -0.39 is 16.1 Å². The molecular weight excluding hydrogens is 695 g/mol. The summed E-state index contributed by atoms with van der Waals surface area (Å²) >= 11 is 0. The summed E-state index contributed by atoms with van der Waals surface area (Å²) in [7, 11) is 0.177. The van der Waals surface area contributed by atoms with E-state index >= 15 is 0 Å². The van der Waals surface area contributed by atoms with Gasteiger partial charge in [-0.15, -0.1) is 0 Å². The van der Waals surface area contributed by atoms with Crippen LogP contribution in [-0.2, 0) is 19.6 Å². The molecule has 3 atom stereocenters. The highest BCUT2D eigenvalue weighted by atomic mass is 32.2. The molecule has 286 valence electrons. The Kier molecular flexibility index (Phi) is 12.4. The van der Waals surface area contributed by atoms with Crippen molar-refractivity contribution in [2.75, 3.05) is 27.3 Å². The van der Waals surface area contributed by atoms with E-state index in [9.17, 15) is 22.8 Å². The minimum atomic E-state index is -3.26. The summed E-state index contributed by atoms with van der Waals surface area (Å²) in [5.74, 6) is 1.53. The van der Waals surface area contributed by atoms with Crippen LogP contribution < -0.4 is 24.8 Å². The molecule has 1 aliphatic heterocycles. The number of nitrogens with one attached hydrogen (secondary N) is 3. The molecule has 0 spiro atoms. The van der Waals surface area contributed by atoms with Gasteiger partial charge in [0.05, 0.1) is 30.2 Å². The predicted octanol–water partition coefficient (Wildman–Crippen LogP) is 5.82. The summed E-state index contributed by atoms with van der Waals surface area (Å²) in [5.41, 5.74) is 2.39. The Morgan fingerprint density at radius 2 is 1.75 bits per heavy atom. The van der Waals surface area contributed by atoms with Crippen LogP contribution in [0.2, 0.25) is 0 Å². The Bertz CT molecular complexity index is 1910. The van der Waals surface area contributed by atoms with Crippen molar-refractivity contribution in [1.82, 2.24) is 25.2 Å². The number of sulfonamides is 1. The number of amides is 4. The minimum absolute atomic E-state index is 0.0201. The summed E-state index contributed by atoms with van der Waals surface area (Å²) in [5, 5.41) is 6.72. The number of hydrogen-bond donors (Lipinski definition) is 3. The molecule has 12 nitrogen and oxygen atoms in total. The van der Waals surface area contributed by atoms with E-state index in [-0.39, 0.29) is 47.1 Å². The van der Waals surface area contributed by atoms with Crippen LogP contribution in [0.3, 0.4) is 0 Å². The van der Waals surface area contributed by atoms with E-state index in [0.29, 0.717) is 43.2 Å². The van der Waals surface area contributed by atoms with Crippen LogP contribution in [-0.4, -0.2) is 81.3 Å². The highest BCUT2D eigenvalue weighted by Gasteiger charge is 2.40. The van der Waals surface area contributed by atoms with Gasteiger partial charge in [-0.3, -0.25) is 14.3 Å². The fraction of sp³-hybridized carbons (Fsp3) is 0.500. The van der Waals surface area contributed by atoms with Gasteiger partial charge < -0.3 is 25.0 Å². The maximum atomic E-state index is 13.5. The third-order valence-electron chi connectivity index (χ3n) is 10.8. The van der Waals surface area contributed by atoms with Gasteiger partial charge in [0.1, 0.15) is 17.5 Å². The van der Waals surface area contributed by atoms with E-state index in [1.807, 2.05) is 54.6 Å². The summed E-state index contributed by atoms with van der Waals surface area (Å²) in [6.07, 6.45) is 9.30. The van der Waals surface area contributed by atoms with Gasteiger partial charge in [-0.1, -0.05) is 70.2 Å². The number of pyridine rings is 1. The molecule has 3 N–H and O–H groups in total. The van der Waals surface area contributed by atoms with Crippen LogP contribution in [0.15, 0.2) is 66.7 Å². The third kappa shape index (κ3) is 10.3.